The zero-order valence-corrected chi connectivity index (χ0v) is 9.29. The van der Waals surface area contributed by atoms with Gasteiger partial charge in [-0.15, -0.1) is 0 Å². The van der Waals surface area contributed by atoms with Gasteiger partial charge in [0.05, 0.1) is 0 Å². The van der Waals surface area contributed by atoms with E-state index in [0.717, 1.165) is 17.7 Å². The summed E-state index contributed by atoms with van der Waals surface area (Å²) in [4.78, 5) is 13.3. The summed E-state index contributed by atoms with van der Waals surface area (Å²) in [6.45, 7) is 6.71. The molecule has 0 atom stereocenters. The minimum atomic E-state index is 0.124. The number of anilines is 1. The van der Waals surface area contributed by atoms with Gasteiger partial charge in [-0.05, 0) is 44.5 Å². The van der Waals surface area contributed by atoms with Crippen LogP contribution in [0.5, 0.6) is 0 Å². The highest BCUT2D eigenvalue weighted by atomic mass is 16.1. The number of aryl methyl sites for hydroxylation is 1. The minimum Gasteiger partial charge on any atom is -0.375 e. The Morgan fingerprint density at radius 1 is 1.43 bits per heavy atom. The number of carbonyl (C=O) groups excluding carboxylic acids is 1. The van der Waals surface area contributed by atoms with Gasteiger partial charge in [0.2, 0.25) is 0 Å². The number of hydrogen-bond acceptors (Lipinski definition) is 2. The van der Waals surface area contributed by atoms with Crippen LogP contribution >= 0.6 is 0 Å². The third-order valence-electron chi connectivity index (χ3n) is 2.49. The molecular weight excluding hydrogens is 174 g/mol. The van der Waals surface area contributed by atoms with E-state index in [-0.39, 0.29) is 5.78 Å². The Balaban J connectivity index is 3.07. The fourth-order valence-electron chi connectivity index (χ4n) is 1.47. The first-order valence-corrected chi connectivity index (χ1v) is 4.89. The van der Waals surface area contributed by atoms with Crippen molar-refractivity contribution in [3.8, 4) is 0 Å². The second-order valence-corrected chi connectivity index (χ2v) is 3.57. The summed E-state index contributed by atoms with van der Waals surface area (Å²) in [7, 11) is 2.05. The summed E-state index contributed by atoms with van der Waals surface area (Å²) in [5, 5.41) is 0. The Morgan fingerprint density at radius 2 is 2.07 bits per heavy atom. The van der Waals surface area contributed by atoms with E-state index in [9.17, 15) is 4.79 Å². The molecule has 0 heterocycles. The SMILES string of the molecule is CCN(C)c1ccc(C(C)=O)cc1C. The molecule has 2 heteroatoms. The third-order valence-corrected chi connectivity index (χ3v) is 2.49. The van der Waals surface area contributed by atoms with Gasteiger partial charge in [0.15, 0.2) is 5.78 Å². The quantitative estimate of drug-likeness (QED) is 0.684. The van der Waals surface area contributed by atoms with Crippen molar-refractivity contribution < 1.29 is 4.79 Å². The molecule has 0 saturated carbocycles. The van der Waals surface area contributed by atoms with E-state index in [0.29, 0.717) is 0 Å². The largest absolute Gasteiger partial charge is 0.375 e. The van der Waals surface area contributed by atoms with Crippen molar-refractivity contribution >= 4 is 11.5 Å². The molecule has 2 nitrogen and oxygen atoms in total. The van der Waals surface area contributed by atoms with Crippen LogP contribution in [-0.4, -0.2) is 19.4 Å². The Kier molecular flexibility index (Phi) is 3.28. The Morgan fingerprint density at radius 3 is 2.50 bits per heavy atom. The molecule has 0 fully saturated rings. The first kappa shape index (κ1) is 10.8. The molecule has 14 heavy (non-hydrogen) atoms. The number of rotatable bonds is 3. The first-order valence-electron chi connectivity index (χ1n) is 4.89. The van der Waals surface area contributed by atoms with Crippen molar-refractivity contribution in [3.05, 3.63) is 29.3 Å². The number of hydrogen-bond donors (Lipinski definition) is 0. The number of nitrogens with zero attached hydrogens (tertiary/aromatic N) is 1. The average Bonchev–Trinajstić information content (AvgIpc) is 2.16. The summed E-state index contributed by atoms with van der Waals surface area (Å²) in [5.41, 5.74) is 3.13. The predicted molar refractivity (Wildman–Crippen MR) is 60.1 cm³/mol. The average molecular weight is 191 g/mol. The molecule has 1 aromatic carbocycles. The van der Waals surface area contributed by atoms with Crippen molar-refractivity contribution in [1.29, 1.82) is 0 Å². The lowest BCUT2D eigenvalue weighted by Crippen LogP contribution is -2.17. The van der Waals surface area contributed by atoms with Crippen LogP contribution in [0.2, 0.25) is 0 Å². The fraction of sp³-hybridized carbons (Fsp3) is 0.417. The molecule has 0 aliphatic rings. The zero-order chi connectivity index (χ0) is 10.7. The van der Waals surface area contributed by atoms with Gasteiger partial charge >= 0.3 is 0 Å². The van der Waals surface area contributed by atoms with Gasteiger partial charge < -0.3 is 4.90 Å². The number of Topliss-reactive ketones (excluding diaryl/α,β-unsaturated/α-hetero) is 1. The van der Waals surface area contributed by atoms with Gasteiger partial charge in [0.1, 0.15) is 0 Å². The lowest BCUT2D eigenvalue weighted by Gasteiger charge is -2.19. The van der Waals surface area contributed by atoms with Gasteiger partial charge in [-0.3, -0.25) is 4.79 Å². The van der Waals surface area contributed by atoms with Crippen molar-refractivity contribution in [2.24, 2.45) is 0 Å². The van der Waals surface area contributed by atoms with Crippen molar-refractivity contribution in [1.82, 2.24) is 0 Å². The Labute approximate surface area is 85.5 Å². The van der Waals surface area contributed by atoms with Crippen molar-refractivity contribution in [2.45, 2.75) is 20.8 Å². The third kappa shape index (κ3) is 2.13. The maximum absolute atomic E-state index is 11.1. The molecule has 0 saturated heterocycles. The monoisotopic (exact) mass is 191 g/mol. The second kappa shape index (κ2) is 4.27. The molecule has 1 aromatic rings. The normalized spacial score (nSPS) is 10.0. The van der Waals surface area contributed by atoms with Gasteiger partial charge in [-0.2, -0.15) is 0 Å². The summed E-state index contributed by atoms with van der Waals surface area (Å²) in [6.07, 6.45) is 0. The minimum absolute atomic E-state index is 0.124. The maximum atomic E-state index is 11.1. The van der Waals surface area contributed by atoms with E-state index in [4.69, 9.17) is 0 Å². The molecule has 0 aliphatic carbocycles. The molecule has 76 valence electrons. The number of carbonyl (C=O) groups is 1. The molecule has 0 radical (unpaired) electrons. The molecule has 0 aromatic heterocycles. The van der Waals surface area contributed by atoms with E-state index in [1.807, 2.05) is 25.1 Å². The molecule has 0 spiro atoms. The summed E-state index contributed by atoms with van der Waals surface area (Å²) >= 11 is 0. The summed E-state index contributed by atoms with van der Waals surface area (Å²) < 4.78 is 0. The Bertz CT molecular complexity index is 344. The van der Waals surface area contributed by atoms with Gasteiger partial charge in [0, 0.05) is 24.8 Å². The number of benzene rings is 1. The molecular formula is C12H17NO. The van der Waals surface area contributed by atoms with Crippen LogP contribution in [0.15, 0.2) is 18.2 Å². The highest BCUT2D eigenvalue weighted by Gasteiger charge is 2.05. The number of ketones is 1. The van der Waals surface area contributed by atoms with Crippen LogP contribution in [-0.2, 0) is 0 Å². The lowest BCUT2D eigenvalue weighted by molar-refractivity contribution is 0.101. The fourth-order valence-corrected chi connectivity index (χ4v) is 1.47. The molecule has 0 amide bonds. The lowest BCUT2D eigenvalue weighted by atomic mass is 10.1. The van der Waals surface area contributed by atoms with Crippen molar-refractivity contribution in [3.63, 3.8) is 0 Å². The van der Waals surface area contributed by atoms with E-state index in [1.165, 1.54) is 5.69 Å². The Hall–Kier alpha value is -1.31. The zero-order valence-electron chi connectivity index (χ0n) is 9.29. The molecule has 0 bridgehead atoms. The summed E-state index contributed by atoms with van der Waals surface area (Å²) in [5.74, 6) is 0.124. The standard InChI is InChI=1S/C12H17NO/c1-5-13(4)12-7-6-11(10(3)14)8-9(12)2/h6-8H,5H2,1-4H3. The van der Waals surface area contributed by atoms with Gasteiger partial charge in [0.25, 0.3) is 0 Å². The summed E-state index contributed by atoms with van der Waals surface area (Å²) in [6, 6.07) is 5.84. The van der Waals surface area contributed by atoms with Crippen LogP contribution in [0.1, 0.15) is 29.8 Å². The van der Waals surface area contributed by atoms with Crippen LogP contribution in [0.3, 0.4) is 0 Å². The maximum Gasteiger partial charge on any atom is 0.159 e. The molecule has 0 unspecified atom stereocenters. The highest BCUT2D eigenvalue weighted by molar-refractivity contribution is 5.94. The molecule has 0 N–H and O–H groups in total. The predicted octanol–water partition coefficient (Wildman–Crippen LogP) is 2.65. The van der Waals surface area contributed by atoms with Crippen LogP contribution in [0.4, 0.5) is 5.69 Å². The second-order valence-electron chi connectivity index (χ2n) is 3.57. The molecule has 0 aliphatic heterocycles. The topological polar surface area (TPSA) is 20.3 Å². The smallest absolute Gasteiger partial charge is 0.159 e. The first-order chi connectivity index (χ1) is 6.56. The van der Waals surface area contributed by atoms with E-state index >= 15 is 0 Å². The van der Waals surface area contributed by atoms with Crippen LogP contribution < -0.4 is 4.90 Å². The van der Waals surface area contributed by atoms with E-state index in [1.54, 1.807) is 6.92 Å². The molecule has 1 rings (SSSR count). The van der Waals surface area contributed by atoms with Crippen molar-refractivity contribution in [2.75, 3.05) is 18.5 Å². The van der Waals surface area contributed by atoms with Crippen LogP contribution in [0, 0.1) is 6.92 Å². The van der Waals surface area contributed by atoms with Crippen LogP contribution in [0.25, 0.3) is 0 Å². The van der Waals surface area contributed by atoms with Gasteiger partial charge in [-0.25, -0.2) is 0 Å². The van der Waals surface area contributed by atoms with E-state index in [2.05, 4.69) is 18.9 Å². The van der Waals surface area contributed by atoms with Gasteiger partial charge in [-0.1, -0.05) is 0 Å². The van der Waals surface area contributed by atoms with E-state index < -0.39 is 0 Å². The highest BCUT2D eigenvalue weighted by Crippen LogP contribution is 2.20.